The minimum absolute atomic E-state index is 0.0115. The molecule has 0 saturated carbocycles. The van der Waals surface area contributed by atoms with Gasteiger partial charge in [0.05, 0.1) is 18.3 Å². The molecule has 0 unspecified atom stereocenters. The SMILES string of the molecule is C#CC[C@H](O)C[C@H]1OC(C)(C)O[C@@H]1C. The van der Waals surface area contributed by atoms with E-state index in [0.29, 0.717) is 12.8 Å². The van der Waals surface area contributed by atoms with Gasteiger partial charge in [-0.25, -0.2) is 0 Å². The number of rotatable bonds is 3. The summed E-state index contributed by atoms with van der Waals surface area (Å²) in [5, 5.41) is 9.52. The molecule has 1 aliphatic rings. The third kappa shape index (κ3) is 2.98. The lowest BCUT2D eigenvalue weighted by molar-refractivity contribution is -0.147. The van der Waals surface area contributed by atoms with E-state index in [1.54, 1.807) is 0 Å². The summed E-state index contributed by atoms with van der Waals surface area (Å²) in [5.74, 6) is 1.89. The molecule has 0 aromatic heterocycles. The Balaban J connectivity index is 2.43. The van der Waals surface area contributed by atoms with E-state index in [0.717, 1.165) is 0 Å². The first-order chi connectivity index (χ1) is 6.44. The van der Waals surface area contributed by atoms with E-state index in [-0.39, 0.29) is 12.2 Å². The van der Waals surface area contributed by atoms with Crippen LogP contribution in [0.5, 0.6) is 0 Å². The largest absolute Gasteiger partial charge is 0.392 e. The third-order valence-corrected chi connectivity index (χ3v) is 2.29. The van der Waals surface area contributed by atoms with E-state index in [4.69, 9.17) is 15.9 Å². The molecule has 1 aliphatic heterocycles. The van der Waals surface area contributed by atoms with Crippen LogP contribution in [-0.4, -0.2) is 29.2 Å². The van der Waals surface area contributed by atoms with Gasteiger partial charge in [0.2, 0.25) is 0 Å². The van der Waals surface area contributed by atoms with Crippen molar-refractivity contribution in [3.05, 3.63) is 0 Å². The van der Waals surface area contributed by atoms with Crippen LogP contribution >= 0.6 is 0 Å². The van der Waals surface area contributed by atoms with Crippen molar-refractivity contribution in [1.82, 2.24) is 0 Å². The lowest BCUT2D eigenvalue weighted by atomic mass is 10.1. The zero-order valence-corrected chi connectivity index (χ0v) is 8.99. The van der Waals surface area contributed by atoms with E-state index in [1.807, 2.05) is 20.8 Å². The molecule has 3 nitrogen and oxygen atoms in total. The van der Waals surface area contributed by atoms with Crippen LogP contribution in [-0.2, 0) is 9.47 Å². The zero-order chi connectivity index (χ0) is 10.8. The highest BCUT2D eigenvalue weighted by molar-refractivity contribution is 4.89. The first kappa shape index (κ1) is 11.5. The van der Waals surface area contributed by atoms with Crippen LogP contribution in [0.2, 0.25) is 0 Å². The van der Waals surface area contributed by atoms with Crippen LogP contribution < -0.4 is 0 Å². The second-order valence-electron chi connectivity index (χ2n) is 4.18. The Morgan fingerprint density at radius 3 is 2.57 bits per heavy atom. The van der Waals surface area contributed by atoms with E-state index < -0.39 is 11.9 Å². The summed E-state index contributed by atoms with van der Waals surface area (Å²) in [6.07, 6.45) is 5.47. The fraction of sp³-hybridized carbons (Fsp3) is 0.818. The van der Waals surface area contributed by atoms with Crippen LogP contribution in [0.25, 0.3) is 0 Å². The van der Waals surface area contributed by atoms with Crippen molar-refractivity contribution in [2.24, 2.45) is 0 Å². The van der Waals surface area contributed by atoms with Gasteiger partial charge in [0.15, 0.2) is 5.79 Å². The molecule has 0 bridgehead atoms. The average molecular weight is 198 g/mol. The number of ether oxygens (including phenoxy) is 2. The van der Waals surface area contributed by atoms with Gasteiger partial charge >= 0.3 is 0 Å². The molecule has 1 rings (SSSR count). The molecule has 3 atom stereocenters. The average Bonchev–Trinajstić information content (AvgIpc) is 2.25. The van der Waals surface area contributed by atoms with Gasteiger partial charge in [0.25, 0.3) is 0 Å². The van der Waals surface area contributed by atoms with Crippen LogP contribution in [0.15, 0.2) is 0 Å². The molecule has 3 heteroatoms. The van der Waals surface area contributed by atoms with E-state index in [2.05, 4.69) is 5.92 Å². The van der Waals surface area contributed by atoms with Gasteiger partial charge in [0.1, 0.15) is 0 Å². The predicted molar refractivity (Wildman–Crippen MR) is 53.6 cm³/mol. The number of aliphatic hydroxyl groups is 1. The van der Waals surface area contributed by atoms with Gasteiger partial charge in [-0.3, -0.25) is 0 Å². The molecule has 0 aromatic carbocycles. The minimum Gasteiger partial charge on any atom is -0.392 e. The molecule has 1 heterocycles. The standard InChI is InChI=1S/C11H18O3/c1-5-6-9(12)7-10-8(2)13-11(3,4)14-10/h1,8-10,12H,6-7H2,2-4H3/t8-,9+,10-/m1/s1. The Morgan fingerprint density at radius 2 is 2.14 bits per heavy atom. The molecule has 0 spiro atoms. The first-order valence-corrected chi connectivity index (χ1v) is 4.92. The van der Waals surface area contributed by atoms with Crippen LogP contribution in [0.4, 0.5) is 0 Å². The van der Waals surface area contributed by atoms with Gasteiger partial charge in [-0.2, -0.15) is 0 Å². The van der Waals surface area contributed by atoms with Crippen molar-refractivity contribution in [3.63, 3.8) is 0 Å². The number of hydrogen-bond acceptors (Lipinski definition) is 3. The fourth-order valence-corrected chi connectivity index (χ4v) is 1.74. The van der Waals surface area contributed by atoms with Crippen molar-refractivity contribution < 1.29 is 14.6 Å². The van der Waals surface area contributed by atoms with E-state index in [1.165, 1.54) is 0 Å². The summed E-state index contributed by atoms with van der Waals surface area (Å²) in [5.41, 5.74) is 0. The van der Waals surface area contributed by atoms with Gasteiger partial charge in [-0.05, 0) is 20.8 Å². The van der Waals surface area contributed by atoms with Crippen LogP contribution in [0.1, 0.15) is 33.6 Å². The molecular formula is C11H18O3. The van der Waals surface area contributed by atoms with Crippen molar-refractivity contribution in [3.8, 4) is 12.3 Å². The van der Waals surface area contributed by atoms with Crippen LogP contribution in [0, 0.1) is 12.3 Å². The number of aliphatic hydroxyl groups excluding tert-OH is 1. The molecule has 1 saturated heterocycles. The van der Waals surface area contributed by atoms with E-state index >= 15 is 0 Å². The summed E-state index contributed by atoms with van der Waals surface area (Å²) in [6, 6.07) is 0. The lowest BCUT2D eigenvalue weighted by Gasteiger charge is -2.18. The summed E-state index contributed by atoms with van der Waals surface area (Å²) in [7, 11) is 0. The number of terminal acetylenes is 1. The summed E-state index contributed by atoms with van der Waals surface area (Å²) >= 11 is 0. The van der Waals surface area contributed by atoms with Gasteiger partial charge < -0.3 is 14.6 Å². The fourth-order valence-electron chi connectivity index (χ4n) is 1.74. The van der Waals surface area contributed by atoms with Crippen molar-refractivity contribution in [2.45, 2.75) is 57.7 Å². The van der Waals surface area contributed by atoms with Gasteiger partial charge in [-0.1, -0.05) is 0 Å². The topological polar surface area (TPSA) is 38.7 Å². The Labute approximate surface area is 85.4 Å². The second-order valence-corrected chi connectivity index (χ2v) is 4.18. The smallest absolute Gasteiger partial charge is 0.163 e. The number of hydrogen-bond donors (Lipinski definition) is 1. The first-order valence-electron chi connectivity index (χ1n) is 4.92. The molecule has 0 aliphatic carbocycles. The maximum atomic E-state index is 9.52. The molecule has 0 aromatic rings. The predicted octanol–water partition coefficient (Wildman–Crippen LogP) is 1.30. The Bertz CT molecular complexity index is 229. The summed E-state index contributed by atoms with van der Waals surface area (Å²) in [4.78, 5) is 0. The molecule has 80 valence electrons. The Kier molecular flexibility index (Phi) is 3.54. The van der Waals surface area contributed by atoms with Crippen molar-refractivity contribution in [1.29, 1.82) is 0 Å². The van der Waals surface area contributed by atoms with Crippen molar-refractivity contribution in [2.75, 3.05) is 0 Å². The minimum atomic E-state index is -0.542. The second kappa shape index (κ2) is 4.31. The molecule has 1 N–H and O–H groups in total. The highest BCUT2D eigenvalue weighted by Crippen LogP contribution is 2.30. The molecule has 14 heavy (non-hydrogen) atoms. The molecular weight excluding hydrogens is 180 g/mol. The molecule has 1 fully saturated rings. The summed E-state index contributed by atoms with van der Waals surface area (Å²) in [6.45, 7) is 5.69. The Hall–Kier alpha value is -0.560. The Morgan fingerprint density at radius 1 is 1.50 bits per heavy atom. The quantitative estimate of drug-likeness (QED) is 0.695. The third-order valence-electron chi connectivity index (χ3n) is 2.29. The maximum Gasteiger partial charge on any atom is 0.163 e. The highest BCUT2D eigenvalue weighted by Gasteiger charge is 2.39. The monoisotopic (exact) mass is 198 g/mol. The van der Waals surface area contributed by atoms with E-state index in [9.17, 15) is 5.11 Å². The van der Waals surface area contributed by atoms with Gasteiger partial charge in [0, 0.05) is 12.8 Å². The molecule has 0 amide bonds. The van der Waals surface area contributed by atoms with Crippen LogP contribution in [0.3, 0.4) is 0 Å². The normalized spacial score (nSPS) is 32.5. The maximum absolute atomic E-state index is 9.52. The highest BCUT2D eigenvalue weighted by atomic mass is 16.7. The lowest BCUT2D eigenvalue weighted by Crippen LogP contribution is -2.25. The molecule has 0 radical (unpaired) electrons. The van der Waals surface area contributed by atoms with Crippen molar-refractivity contribution >= 4 is 0 Å². The summed E-state index contributed by atoms with van der Waals surface area (Å²) < 4.78 is 11.2. The van der Waals surface area contributed by atoms with Gasteiger partial charge in [-0.15, -0.1) is 12.3 Å². The zero-order valence-electron chi connectivity index (χ0n) is 8.99.